The minimum Gasteiger partial charge on any atom is -0.495 e. The SMILES string of the molecule is COc1cc(C(N)=O)ccc1NC(N)=Nc1ccc(-c2ccc(N)cc2)cn1. The third-order valence-corrected chi connectivity index (χ3v) is 3.98. The number of carbonyl (C=O) groups is 1. The molecule has 0 aliphatic heterocycles. The summed E-state index contributed by atoms with van der Waals surface area (Å²) in [5.74, 6) is 0.438. The van der Waals surface area contributed by atoms with Crippen molar-refractivity contribution in [1.82, 2.24) is 4.98 Å². The number of carbonyl (C=O) groups excluding carboxylic acids is 1. The van der Waals surface area contributed by atoms with Crippen molar-refractivity contribution < 1.29 is 9.53 Å². The third-order valence-electron chi connectivity index (χ3n) is 3.98. The summed E-state index contributed by atoms with van der Waals surface area (Å²) in [6, 6.07) is 15.9. The number of anilines is 2. The molecule has 0 fully saturated rings. The number of pyridine rings is 1. The Morgan fingerprint density at radius 1 is 1.04 bits per heavy atom. The molecule has 0 bridgehead atoms. The van der Waals surface area contributed by atoms with Gasteiger partial charge in [0, 0.05) is 23.0 Å². The molecule has 0 atom stereocenters. The van der Waals surface area contributed by atoms with Crippen LogP contribution in [0.2, 0.25) is 0 Å². The predicted octanol–water partition coefficient (Wildman–Crippen LogP) is 2.50. The Morgan fingerprint density at radius 2 is 1.75 bits per heavy atom. The Labute approximate surface area is 162 Å². The number of hydrogen-bond acceptors (Lipinski definition) is 5. The van der Waals surface area contributed by atoms with Crippen molar-refractivity contribution in [3.8, 4) is 16.9 Å². The lowest BCUT2D eigenvalue weighted by atomic mass is 10.1. The molecule has 3 rings (SSSR count). The fraction of sp³-hybridized carbons (Fsp3) is 0.0500. The van der Waals surface area contributed by atoms with Crippen LogP contribution in [0, 0.1) is 0 Å². The second-order valence-corrected chi connectivity index (χ2v) is 5.93. The van der Waals surface area contributed by atoms with Crippen molar-refractivity contribution in [1.29, 1.82) is 0 Å². The number of nitrogens with zero attached hydrogens (tertiary/aromatic N) is 2. The molecule has 0 aliphatic carbocycles. The Hall–Kier alpha value is -4.07. The summed E-state index contributed by atoms with van der Waals surface area (Å²) in [6.45, 7) is 0. The number of nitrogens with two attached hydrogens (primary N) is 3. The highest BCUT2D eigenvalue weighted by molar-refractivity contribution is 5.97. The van der Waals surface area contributed by atoms with E-state index in [0.717, 1.165) is 11.1 Å². The second-order valence-electron chi connectivity index (χ2n) is 5.93. The third kappa shape index (κ3) is 4.36. The van der Waals surface area contributed by atoms with Crippen LogP contribution in [0.1, 0.15) is 10.4 Å². The Balaban J connectivity index is 1.76. The van der Waals surface area contributed by atoms with Gasteiger partial charge in [0.25, 0.3) is 0 Å². The van der Waals surface area contributed by atoms with Crippen LogP contribution in [-0.4, -0.2) is 24.0 Å². The van der Waals surface area contributed by atoms with E-state index in [0.29, 0.717) is 28.5 Å². The van der Waals surface area contributed by atoms with Gasteiger partial charge in [0.1, 0.15) is 5.75 Å². The molecule has 1 amide bonds. The highest BCUT2D eigenvalue weighted by Crippen LogP contribution is 2.26. The molecule has 0 spiro atoms. The quantitative estimate of drug-likeness (QED) is 0.306. The maximum absolute atomic E-state index is 11.3. The van der Waals surface area contributed by atoms with E-state index >= 15 is 0 Å². The number of nitrogen functional groups attached to an aromatic ring is 1. The van der Waals surface area contributed by atoms with Gasteiger partial charge in [-0.05, 0) is 48.0 Å². The van der Waals surface area contributed by atoms with Crippen molar-refractivity contribution in [2.45, 2.75) is 0 Å². The van der Waals surface area contributed by atoms with Gasteiger partial charge >= 0.3 is 0 Å². The number of guanidine groups is 1. The fourth-order valence-electron chi connectivity index (χ4n) is 2.54. The highest BCUT2D eigenvalue weighted by Gasteiger charge is 2.09. The summed E-state index contributed by atoms with van der Waals surface area (Å²) in [7, 11) is 1.48. The zero-order chi connectivity index (χ0) is 20.1. The van der Waals surface area contributed by atoms with E-state index in [1.807, 2.05) is 30.3 Å². The minimum atomic E-state index is -0.545. The van der Waals surface area contributed by atoms with E-state index in [1.54, 1.807) is 24.4 Å². The van der Waals surface area contributed by atoms with E-state index in [2.05, 4.69) is 15.3 Å². The smallest absolute Gasteiger partial charge is 0.248 e. The molecule has 2 aromatic carbocycles. The number of primary amides is 1. The Kier molecular flexibility index (Phi) is 5.40. The monoisotopic (exact) mass is 376 g/mol. The maximum Gasteiger partial charge on any atom is 0.248 e. The molecule has 0 saturated heterocycles. The minimum absolute atomic E-state index is 0.123. The van der Waals surface area contributed by atoms with Crippen LogP contribution >= 0.6 is 0 Å². The first-order chi connectivity index (χ1) is 13.5. The molecular weight excluding hydrogens is 356 g/mol. The molecule has 8 nitrogen and oxygen atoms in total. The summed E-state index contributed by atoms with van der Waals surface area (Å²) in [4.78, 5) is 19.8. The Bertz CT molecular complexity index is 1010. The first-order valence-electron chi connectivity index (χ1n) is 8.37. The molecule has 1 heterocycles. The zero-order valence-electron chi connectivity index (χ0n) is 15.2. The van der Waals surface area contributed by atoms with Crippen molar-refractivity contribution in [2.24, 2.45) is 16.5 Å². The topological polar surface area (TPSA) is 142 Å². The van der Waals surface area contributed by atoms with E-state index in [1.165, 1.54) is 13.2 Å². The van der Waals surface area contributed by atoms with Crippen LogP contribution < -0.4 is 27.3 Å². The summed E-state index contributed by atoms with van der Waals surface area (Å²) >= 11 is 0. The van der Waals surface area contributed by atoms with Crippen molar-refractivity contribution >= 4 is 29.1 Å². The Morgan fingerprint density at radius 3 is 2.36 bits per heavy atom. The van der Waals surface area contributed by atoms with Gasteiger partial charge in [-0.2, -0.15) is 4.99 Å². The largest absolute Gasteiger partial charge is 0.495 e. The lowest BCUT2D eigenvalue weighted by molar-refractivity contribution is 0.1000. The van der Waals surface area contributed by atoms with Crippen LogP contribution in [0.5, 0.6) is 5.75 Å². The normalized spacial score (nSPS) is 11.1. The lowest BCUT2D eigenvalue weighted by Gasteiger charge is -2.11. The van der Waals surface area contributed by atoms with E-state index in [9.17, 15) is 4.79 Å². The van der Waals surface area contributed by atoms with Gasteiger partial charge in [-0.1, -0.05) is 12.1 Å². The summed E-state index contributed by atoms with van der Waals surface area (Å²) < 4.78 is 5.25. The van der Waals surface area contributed by atoms with Gasteiger partial charge in [-0.25, -0.2) is 4.98 Å². The number of methoxy groups -OCH3 is 1. The lowest BCUT2D eigenvalue weighted by Crippen LogP contribution is -2.22. The van der Waals surface area contributed by atoms with Gasteiger partial charge < -0.3 is 27.3 Å². The van der Waals surface area contributed by atoms with Crippen LogP contribution in [0.3, 0.4) is 0 Å². The number of hydrogen-bond donors (Lipinski definition) is 4. The summed E-state index contributed by atoms with van der Waals surface area (Å²) in [6.07, 6.45) is 1.71. The molecule has 142 valence electrons. The average molecular weight is 376 g/mol. The standard InChI is InChI=1S/C20H20N6O2/c1-28-17-10-13(19(22)27)4-8-16(17)25-20(23)26-18-9-5-14(11-24-18)12-2-6-15(21)7-3-12/h2-11H,21H2,1H3,(H2,22,27)(H3,23,24,25,26). The average Bonchev–Trinajstić information content (AvgIpc) is 2.69. The van der Waals surface area contributed by atoms with Crippen molar-refractivity contribution in [2.75, 3.05) is 18.2 Å². The number of amides is 1. The van der Waals surface area contributed by atoms with Gasteiger partial charge in [-0.3, -0.25) is 4.79 Å². The highest BCUT2D eigenvalue weighted by atomic mass is 16.5. The molecule has 8 heteroatoms. The summed E-state index contributed by atoms with van der Waals surface area (Å²) in [5.41, 5.74) is 20.5. The molecule has 0 saturated carbocycles. The van der Waals surface area contributed by atoms with Gasteiger partial charge in [0.2, 0.25) is 5.91 Å². The number of benzene rings is 2. The molecular formula is C20H20N6O2. The number of ether oxygens (including phenoxy) is 1. The fourth-order valence-corrected chi connectivity index (χ4v) is 2.54. The van der Waals surface area contributed by atoms with E-state index in [-0.39, 0.29) is 5.96 Å². The molecule has 3 aromatic rings. The van der Waals surface area contributed by atoms with E-state index in [4.69, 9.17) is 21.9 Å². The van der Waals surface area contributed by atoms with Crippen LogP contribution in [0.15, 0.2) is 65.8 Å². The predicted molar refractivity (Wildman–Crippen MR) is 111 cm³/mol. The van der Waals surface area contributed by atoms with Crippen LogP contribution in [0.25, 0.3) is 11.1 Å². The number of nitrogens with one attached hydrogen (secondary N) is 1. The van der Waals surface area contributed by atoms with Crippen molar-refractivity contribution in [3.63, 3.8) is 0 Å². The number of aliphatic imine (C=N–C) groups is 1. The first-order valence-corrected chi connectivity index (χ1v) is 8.37. The number of rotatable bonds is 5. The maximum atomic E-state index is 11.3. The van der Waals surface area contributed by atoms with Gasteiger partial charge in [0.15, 0.2) is 11.8 Å². The molecule has 0 aliphatic rings. The molecule has 1 aromatic heterocycles. The molecule has 0 radical (unpaired) electrons. The second kappa shape index (κ2) is 8.09. The van der Waals surface area contributed by atoms with Crippen LogP contribution in [0.4, 0.5) is 17.2 Å². The first kappa shape index (κ1) is 18.7. The van der Waals surface area contributed by atoms with E-state index < -0.39 is 5.91 Å². The summed E-state index contributed by atoms with van der Waals surface area (Å²) in [5, 5.41) is 2.93. The molecule has 7 N–H and O–H groups in total. The van der Waals surface area contributed by atoms with Gasteiger partial charge in [0.05, 0.1) is 12.8 Å². The zero-order valence-corrected chi connectivity index (χ0v) is 15.2. The van der Waals surface area contributed by atoms with Crippen LogP contribution in [-0.2, 0) is 0 Å². The molecule has 0 unspecified atom stereocenters. The van der Waals surface area contributed by atoms with Crippen molar-refractivity contribution in [3.05, 3.63) is 66.4 Å². The molecule has 28 heavy (non-hydrogen) atoms. The number of aromatic nitrogens is 1. The van der Waals surface area contributed by atoms with Gasteiger partial charge in [-0.15, -0.1) is 0 Å².